The number of aromatic nitrogens is 1. The fourth-order valence-electron chi connectivity index (χ4n) is 0.816. The van der Waals surface area contributed by atoms with E-state index in [0.717, 1.165) is 12.1 Å². The predicted octanol–water partition coefficient (Wildman–Crippen LogP) is 4.23. The van der Waals surface area contributed by atoms with E-state index in [2.05, 4.69) is 37.9 Å². The maximum Gasteiger partial charge on any atom is 0.0626 e. The van der Waals surface area contributed by atoms with Crippen molar-refractivity contribution in [1.82, 2.24) is 4.98 Å². The number of rotatable bonds is 2. The first-order valence-corrected chi connectivity index (χ1v) is 5.33. The van der Waals surface area contributed by atoms with Gasteiger partial charge in [-0.3, -0.25) is 4.98 Å². The highest BCUT2D eigenvalue weighted by Crippen LogP contribution is 2.00. The first-order chi connectivity index (χ1) is 6.74. The zero-order valence-corrected chi connectivity index (χ0v) is 9.75. The van der Waals surface area contributed by atoms with Gasteiger partial charge in [-0.2, -0.15) is 0 Å². The SMILES string of the molecule is CCC.CCC=Cc1ccc(C)cn1. The van der Waals surface area contributed by atoms with Crippen LogP contribution in [0, 0.1) is 6.92 Å². The Morgan fingerprint density at radius 1 is 1.21 bits per heavy atom. The lowest BCUT2D eigenvalue weighted by atomic mass is 10.2. The molecule has 78 valence electrons. The lowest BCUT2D eigenvalue weighted by Crippen LogP contribution is -1.79. The lowest BCUT2D eigenvalue weighted by Gasteiger charge is -1.92. The highest BCUT2D eigenvalue weighted by molar-refractivity contribution is 5.44. The van der Waals surface area contributed by atoms with E-state index >= 15 is 0 Å². The molecule has 0 atom stereocenters. The fourth-order valence-corrected chi connectivity index (χ4v) is 0.816. The van der Waals surface area contributed by atoms with Crippen LogP contribution in [0.15, 0.2) is 24.4 Å². The third kappa shape index (κ3) is 6.41. The van der Waals surface area contributed by atoms with Crippen molar-refractivity contribution < 1.29 is 0 Å². The van der Waals surface area contributed by atoms with Gasteiger partial charge in [0.1, 0.15) is 0 Å². The summed E-state index contributed by atoms with van der Waals surface area (Å²) < 4.78 is 0. The van der Waals surface area contributed by atoms with Gasteiger partial charge in [-0.25, -0.2) is 0 Å². The highest BCUT2D eigenvalue weighted by atomic mass is 14.7. The molecule has 1 heterocycles. The molecule has 1 aromatic heterocycles. The van der Waals surface area contributed by atoms with E-state index < -0.39 is 0 Å². The van der Waals surface area contributed by atoms with Crippen molar-refractivity contribution >= 4 is 6.08 Å². The third-order valence-corrected chi connectivity index (χ3v) is 1.46. The normalized spacial score (nSPS) is 9.71. The summed E-state index contributed by atoms with van der Waals surface area (Å²) in [6, 6.07) is 4.10. The largest absolute Gasteiger partial charge is 0.257 e. The fraction of sp³-hybridized carbons (Fsp3) is 0.462. The highest BCUT2D eigenvalue weighted by Gasteiger charge is 1.85. The Bertz CT molecular complexity index is 246. The van der Waals surface area contributed by atoms with E-state index in [1.807, 2.05) is 25.3 Å². The summed E-state index contributed by atoms with van der Waals surface area (Å²) in [4.78, 5) is 4.23. The zero-order valence-electron chi connectivity index (χ0n) is 9.75. The first kappa shape index (κ1) is 12.9. The van der Waals surface area contributed by atoms with Crippen LogP contribution in [0.4, 0.5) is 0 Å². The summed E-state index contributed by atoms with van der Waals surface area (Å²) in [5, 5.41) is 0. The van der Waals surface area contributed by atoms with Gasteiger partial charge in [-0.1, -0.05) is 39.3 Å². The molecule has 0 saturated heterocycles. The summed E-state index contributed by atoms with van der Waals surface area (Å²) in [6.45, 7) is 8.41. The molecule has 0 aliphatic heterocycles. The third-order valence-electron chi connectivity index (χ3n) is 1.46. The van der Waals surface area contributed by atoms with Crippen molar-refractivity contribution in [2.24, 2.45) is 0 Å². The molecule has 1 nitrogen and oxygen atoms in total. The van der Waals surface area contributed by atoms with Gasteiger partial charge < -0.3 is 0 Å². The molecule has 0 spiro atoms. The zero-order chi connectivity index (χ0) is 10.8. The summed E-state index contributed by atoms with van der Waals surface area (Å²) in [6.07, 6.45) is 8.35. The van der Waals surface area contributed by atoms with Crippen LogP contribution in [-0.4, -0.2) is 4.98 Å². The Balaban J connectivity index is 0.000000500. The molecule has 0 fully saturated rings. The molecular formula is C13H21N. The van der Waals surface area contributed by atoms with E-state index in [1.165, 1.54) is 12.0 Å². The molecule has 0 amide bonds. The monoisotopic (exact) mass is 191 g/mol. The van der Waals surface area contributed by atoms with E-state index in [4.69, 9.17) is 0 Å². The summed E-state index contributed by atoms with van der Waals surface area (Å²) in [5.74, 6) is 0. The predicted molar refractivity (Wildman–Crippen MR) is 64.3 cm³/mol. The second kappa shape index (κ2) is 8.49. The molecule has 0 aromatic carbocycles. The van der Waals surface area contributed by atoms with Crippen LogP contribution in [0.2, 0.25) is 0 Å². The van der Waals surface area contributed by atoms with Gasteiger partial charge >= 0.3 is 0 Å². The minimum atomic E-state index is 1.04. The molecule has 1 aromatic rings. The second-order valence-electron chi connectivity index (χ2n) is 3.28. The van der Waals surface area contributed by atoms with E-state index in [0.29, 0.717) is 0 Å². The van der Waals surface area contributed by atoms with E-state index in [-0.39, 0.29) is 0 Å². The molecule has 0 N–H and O–H groups in total. The van der Waals surface area contributed by atoms with Gasteiger partial charge in [-0.15, -0.1) is 0 Å². The Kier molecular flexibility index (Phi) is 7.81. The summed E-state index contributed by atoms with van der Waals surface area (Å²) in [5.41, 5.74) is 2.25. The van der Waals surface area contributed by atoms with Crippen LogP contribution >= 0.6 is 0 Å². The Morgan fingerprint density at radius 3 is 2.29 bits per heavy atom. The number of hydrogen-bond donors (Lipinski definition) is 0. The van der Waals surface area contributed by atoms with Gasteiger partial charge in [0, 0.05) is 6.20 Å². The molecule has 0 aliphatic rings. The Morgan fingerprint density at radius 2 is 1.86 bits per heavy atom. The number of hydrogen-bond acceptors (Lipinski definition) is 1. The van der Waals surface area contributed by atoms with Crippen LogP contribution in [0.5, 0.6) is 0 Å². The van der Waals surface area contributed by atoms with Crippen molar-refractivity contribution in [3.63, 3.8) is 0 Å². The van der Waals surface area contributed by atoms with E-state index in [1.54, 1.807) is 0 Å². The van der Waals surface area contributed by atoms with Gasteiger partial charge in [-0.05, 0) is 31.1 Å². The van der Waals surface area contributed by atoms with Crippen LogP contribution in [0.25, 0.3) is 6.08 Å². The Labute approximate surface area is 87.9 Å². The number of aryl methyl sites for hydroxylation is 1. The van der Waals surface area contributed by atoms with Crippen molar-refractivity contribution in [3.8, 4) is 0 Å². The van der Waals surface area contributed by atoms with Gasteiger partial charge in [0.25, 0.3) is 0 Å². The quantitative estimate of drug-likeness (QED) is 0.681. The number of pyridine rings is 1. The first-order valence-electron chi connectivity index (χ1n) is 5.33. The molecule has 0 aliphatic carbocycles. The van der Waals surface area contributed by atoms with Crippen molar-refractivity contribution in [2.45, 2.75) is 40.5 Å². The molecule has 14 heavy (non-hydrogen) atoms. The molecule has 1 heteroatoms. The summed E-state index contributed by atoms with van der Waals surface area (Å²) in [7, 11) is 0. The maximum atomic E-state index is 4.23. The summed E-state index contributed by atoms with van der Waals surface area (Å²) >= 11 is 0. The average Bonchev–Trinajstić information content (AvgIpc) is 2.18. The van der Waals surface area contributed by atoms with Crippen molar-refractivity contribution in [1.29, 1.82) is 0 Å². The van der Waals surface area contributed by atoms with E-state index in [9.17, 15) is 0 Å². The standard InChI is InChI=1S/C10H13N.C3H8/c1-3-4-5-10-7-6-9(2)8-11-10;1-3-2/h4-8H,3H2,1-2H3;3H2,1-2H3. The molecule has 0 bridgehead atoms. The number of allylic oxidation sites excluding steroid dienone is 1. The molecule has 0 radical (unpaired) electrons. The van der Waals surface area contributed by atoms with Crippen LogP contribution in [0.3, 0.4) is 0 Å². The molecular weight excluding hydrogens is 170 g/mol. The smallest absolute Gasteiger partial charge is 0.0626 e. The lowest BCUT2D eigenvalue weighted by molar-refractivity contribution is 1.09. The van der Waals surface area contributed by atoms with Gasteiger partial charge in [0.15, 0.2) is 0 Å². The van der Waals surface area contributed by atoms with Crippen LogP contribution in [0.1, 0.15) is 44.9 Å². The average molecular weight is 191 g/mol. The van der Waals surface area contributed by atoms with Gasteiger partial charge in [0.2, 0.25) is 0 Å². The van der Waals surface area contributed by atoms with Crippen LogP contribution in [-0.2, 0) is 0 Å². The maximum absolute atomic E-state index is 4.23. The van der Waals surface area contributed by atoms with Gasteiger partial charge in [0.05, 0.1) is 5.69 Å². The Hall–Kier alpha value is -1.11. The second-order valence-corrected chi connectivity index (χ2v) is 3.28. The van der Waals surface area contributed by atoms with Crippen LogP contribution < -0.4 is 0 Å². The van der Waals surface area contributed by atoms with Crippen molar-refractivity contribution in [2.75, 3.05) is 0 Å². The number of nitrogens with zero attached hydrogens (tertiary/aromatic N) is 1. The minimum Gasteiger partial charge on any atom is -0.257 e. The minimum absolute atomic E-state index is 1.04. The molecule has 0 saturated carbocycles. The topological polar surface area (TPSA) is 12.9 Å². The molecule has 1 rings (SSSR count). The van der Waals surface area contributed by atoms with Crippen molar-refractivity contribution in [3.05, 3.63) is 35.7 Å². The molecule has 0 unspecified atom stereocenters.